The van der Waals surface area contributed by atoms with Gasteiger partial charge in [0.05, 0.1) is 11.5 Å². The van der Waals surface area contributed by atoms with Gasteiger partial charge in [0, 0.05) is 12.6 Å². The molecule has 1 aromatic carbocycles. The SMILES string of the molecule is O=S1(=O)CC[C@@H](CNS(=O)(=O)c2ccc(F)cc2F)C1. The van der Waals surface area contributed by atoms with Gasteiger partial charge in [0.25, 0.3) is 0 Å². The van der Waals surface area contributed by atoms with Crippen LogP contribution in [0.5, 0.6) is 0 Å². The Labute approximate surface area is 116 Å². The lowest BCUT2D eigenvalue weighted by atomic mass is 10.1. The van der Waals surface area contributed by atoms with Gasteiger partial charge in [-0.15, -0.1) is 0 Å². The molecule has 1 aliphatic rings. The van der Waals surface area contributed by atoms with Crippen molar-refractivity contribution < 1.29 is 25.6 Å². The summed E-state index contributed by atoms with van der Waals surface area (Å²) in [6.45, 7) is -0.0849. The van der Waals surface area contributed by atoms with Gasteiger partial charge >= 0.3 is 0 Å². The van der Waals surface area contributed by atoms with Gasteiger partial charge in [-0.1, -0.05) is 0 Å². The first-order valence-electron chi connectivity index (χ1n) is 5.85. The fraction of sp³-hybridized carbons (Fsp3) is 0.455. The van der Waals surface area contributed by atoms with Crippen molar-refractivity contribution in [2.45, 2.75) is 11.3 Å². The van der Waals surface area contributed by atoms with Gasteiger partial charge in [-0.25, -0.2) is 30.3 Å². The summed E-state index contributed by atoms with van der Waals surface area (Å²) in [5.41, 5.74) is 0. The van der Waals surface area contributed by atoms with E-state index >= 15 is 0 Å². The summed E-state index contributed by atoms with van der Waals surface area (Å²) in [5.74, 6) is -2.43. The first-order valence-corrected chi connectivity index (χ1v) is 9.15. The molecule has 0 aromatic heterocycles. The largest absolute Gasteiger partial charge is 0.243 e. The van der Waals surface area contributed by atoms with Gasteiger partial charge in [0.2, 0.25) is 10.0 Å². The molecule has 1 atom stereocenters. The van der Waals surface area contributed by atoms with E-state index in [1.807, 2.05) is 0 Å². The van der Waals surface area contributed by atoms with Crippen molar-refractivity contribution in [2.24, 2.45) is 5.92 Å². The number of hydrogen-bond donors (Lipinski definition) is 1. The lowest BCUT2D eigenvalue weighted by molar-refractivity contribution is 0.527. The molecule has 0 unspecified atom stereocenters. The second kappa shape index (κ2) is 5.38. The molecule has 1 aliphatic heterocycles. The Bertz CT molecular complexity index is 716. The predicted octanol–water partition coefficient (Wildman–Crippen LogP) is 0.678. The normalized spacial score (nSPS) is 22.0. The Morgan fingerprint density at radius 3 is 2.55 bits per heavy atom. The maximum Gasteiger partial charge on any atom is 0.243 e. The summed E-state index contributed by atoms with van der Waals surface area (Å²) in [7, 11) is -7.22. The third-order valence-electron chi connectivity index (χ3n) is 3.07. The molecular weight excluding hydrogens is 312 g/mol. The zero-order chi connectivity index (χ0) is 15.0. The second-order valence-electron chi connectivity index (χ2n) is 4.70. The number of sulfone groups is 1. The summed E-state index contributed by atoms with van der Waals surface area (Å²) in [5, 5.41) is 0. The average Bonchev–Trinajstić information content (AvgIpc) is 2.66. The molecule has 2 rings (SSSR count). The highest BCUT2D eigenvalue weighted by molar-refractivity contribution is 7.91. The fourth-order valence-corrected chi connectivity index (χ4v) is 5.07. The Kier molecular flexibility index (Phi) is 4.12. The Hall–Kier alpha value is -1.06. The van der Waals surface area contributed by atoms with E-state index in [4.69, 9.17) is 0 Å². The van der Waals surface area contributed by atoms with E-state index < -0.39 is 36.4 Å². The molecule has 1 heterocycles. The van der Waals surface area contributed by atoms with Crippen molar-refractivity contribution in [1.29, 1.82) is 0 Å². The highest BCUT2D eigenvalue weighted by atomic mass is 32.2. The van der Waals surface area contributed by atoms with Gasteiger partial charge < -0.3 is 0 Å². The van der Waals surface area contributed by atoms with E-state index in [1.165, 1.54) is 0 Å². The molecule has 1 fully saturated rings. The number of sulfonamides is 1. The smallest absolute Gasteiger partial charge is 0.229 e. The first-order chi connectivity index (χ1) is 9.20. The number of nitrogens with one attached hydrogen (secondary N) is 1. The molecule has 1 aromatic rings. The van der Waals surface area contributed by atoms with Crippen LogP contribution in [-0.4, -0.2) is 34.9 Å². The molecule has 112 valence electrons. The van der Waals surface area contributed by atoms with Crippen LogP contribution in [0, 0.1) is 17.6 Å². The lowest BCUT2D eigenvalue weighted by Crippen LogP contribution is -2.30. The molecule has 9 heteroatoms. The minimum Gasteiger partial charge on any atom is -0.229 e. The topological polar surface area (TPSA) is 80.3 Å². The molecule has 1 N–H and O–H groups in total. The van der Waals surface area contributed by atoms with Crippen molar-refractivity contribution in [3.8, 4) is 0 Å². The van der Waals surface area contributed by atoms with Crippen LogP contribution in [0.25, 0.3) is 0 Å². The molecule has 0 amide bonds. The molecular formula is C11H13F2NO4S2. The maximum atomic E-state index is 13.4. The molecule has 0 radical (unpaired) electrons. The highest BCUT2D eigenvalue weighted by Crippen LogP contribution is 2.19. The van der Waals surface area contributed by atoms with Gasteiger partial charge in [0.15, 0.2) is 9.84 Å². The third-order valence-corrected chi connectivity index (χ3v) is 6.37. The summed E-state index contributed by atoms with van der Waals surface area (Å²) >= 11 is 0. The van der Waals surface area contributed by atoms with Crippen LogP contribution in [-0.2, 0) is 19.9 Å². The number of hydrogen-bond acceptors (Lipinski definition) is 4. The van der Waals surface area contributed by atoms with Crippen molar-refractivity contribution in [3.63, 3.8) is 0 Å². The second-order valence-corrected chi connectivity index (χ2v) is 8.66. The van der Waals surface area contributed by atoms with E-state index in [0.717, 1.165) is 12.1 Å². The van der Waals surface area contributed by atoms with Crippen molar-refractivity contribution in [1.82, 2.24) is 4.72 Å². The number of halogens is 2. The summed E-state index contributed by atoms with van der Waals surface area (Å²) < 4.78 is 74.5. The van der Waals surface area contributed by atoms with Crippen LogP contribution in [0.1, 0.15) is 6.42 Å². The lowest BCUT2D eigenvalue weighted by Gasteiger charge is -2.11. The minimum atomic E-state index is -4.12. The Morgan fingerprint density at radius 2 is 2.00 bits per heavy atom. The van der Waals surface area contributed by atoms with E-state index in [2.05, 4.69) is 4.72 Å². The van der Waals surface area contributed by atoms with Crippen molar-refractivity contribution >= 4 is 19.9 Å². The van der Waals surface area contributed by atoms with E-state index in [1.54, 1.807) is 0 Å². The van der Waals surface area contributed by atoms with E-state index in [-0.39, 0.29) is 24.0 Å². The zero-order valence-electron chi connectivity index (χ0n) is 10.3. The van der Waals surface area contributed by atoms with E-state index in [0.29, 0.717) is 12.5 Å². The molecule has 0 spiro atoms. The molecule has 0 saturated carbocycles. The van der Waals surface area contributed by atoms with Crippen LogP contribution in [0.3, 0.4) is 0 Å². The van der Waals surface area contributed by atoms with Crippen LogP contribution < -0.4 is 4.72 Å². The van der Waals surface area contributed by atoms with Gasteiger partial charge in [0.1, 0.15) is 16.5 Å². The molecule has 5 nitrogen and oxygen atoms in total. The van der Waals surface area contributed by atoms with Crippen LogP contribution in [0.2, 0.25) is 0 Å². The van der Waals surface area contributed by atoms with Gasteiger partial charge in [-0.2, -0.15) is 0 Å². The van der Waals surface area contributed by atoms with Gasteiger partial charge in [-0.3, -0.25) is 0 Å². The molecule has 0 aliphatic carbocycles. The average molecular weight is 325 g/mol. The maximum absolute atomic E-state index is 13.4. The molecule has 0 bridgehead atoms. The van der Waals surface area contributed by atoms with Crippen molar-refractivity contribution in [2.75, 3.05) is 18.1 Å². The van der Waals surface area contributed by atoms with E-state index in [9.17, 15) is 25.6 Å². The minimum absolute atomic E-state index is 0.0320. The monoisotopic (exact) mass is 325 g/mol. The van der Waals surface area contributed by atoms with Gasteiger partial charge in [-0.05, 0) is 24.5 Å². The fourth-order valence-electron chi connectivity index (χ4n) is 2.03. The van der Waals surface area contributed by atoms with Crippen LogP contribution in [0.4, 0.5) is 8.78 Å². The number of rotatable bonds is 4. The Balaban J connectivity index is 2.08. The van der Waals surface area contributed by atoms with Crippen LogP contribution >= 0.6 is 0 Å². The summed E-state index contributed by atoms with van der Waals surface area (Å²) in [6, 6.07) is 2.16. The molecule has 20 heavy (non-hydrogen) atoms. The zero-order valence-corrected chi connectivity index (χ0v) is 12.0. The molecule has 1 saturated heterocycles. The number of benzene rings is 1. The predicted molar refractivity (Wildman–Crippen MR) is 68.3 cm³/mol. The first kappa shape index (κ1) is 15.3. The standard InChI is InChI=1S/C11H13F2NO4S2/c12-9-1-2-11(10(13)5-9)20(17,18)14-6-8-3-4-19(15,16)7-8/h1-2,5,8,14H,3-4,6-7H2/t8-/m0/s1. The highest BCUT2D eigenvalue weighted by Gasteiger charge is 2.29. The van der Waals surface area contributed by atoms with Crippen LogP contribution in [0.15, 0.2) is 23.1 Å². The summed E-state index contributed by atoms with van der Waals surface area (Å²) in [4.78, 5) is -0.653. The quantitative estimate of drug-likeness (QED) is 0.883. The summed E-state index contributed by atoms with van der Waals surface area (Å²) in [6.07, 6.45) is 0.372. The Morgan fingerprint density at radius 1 is 1.30 bits per heavy atom. The van der Waals surface area contributed by atoms with Crippen molar-refractivity contribution in [3.05, 3.63) is 29.8 Å². The third kappa shape index (κ3) is 3.53.